The van der Waals surface area contributed by atoms with Gasteiger partial charge >= 0.3 is 5.97 Å². The number of rotatable bonds is 12. The Kier molecular flexibility index (Phi) is 10.4. The molecule has 0 heterocycles. The second-order valence-corrected chi connectivity index (χ2v) is 8.64. The summed E-state index contributed by atoms with van der Waals surface area (Å²) in [4.78, 5) is 58.4. The monoisotopic (exact) mass is 485 g/mol. The van der Waals surface area contributed by atoms with Crippen LogP contribution in [0, 0.1) is 5.92 Å². The number of carboxylic acid groups (broad SMARTS) is 1. The zero-order chi connectivity index (χ0) is 25.2. The lowest BCUT2D eigenvalue weighted by molar-refractivity contribution is -0.143. The molecule has 7 N–H and O–H groups in total. The fraction of sp³-hybridized carbons (Fsp3) is 0.421. The molecule has 182 valence electrons. The number of nitrogens with two attached hydrogens (primary N) is 1. The molecule has 13 nitrogen and oxygen atoms in total. The lowest BCUT2D eigenvalue weighted by atomic mass is 9.99. The standard InChI is InChI=1S/C19H27N5O8S/c1-3-11(2)17(19(29)30)24-16(27)10-22-14(25)8-21-15(26)9-23-18(28)12-4-6-13(7-5-12)33(20,31)32/h4-7,11,17H,3,8-10H2,1-2H3,(H,21,26)(H,22,25)(H,23,28)(H,24,27)(H,29,30)(H2,20,31,32)/t11-,17-/m0/s1. The Morgan fingerprint density at radius 2 is 1.39 bits per heavy atom. The molecule has 4 amide bonds. The van der Waals surface area contributed by atoms with Crippen LogP contribution in [-0.2, 0) is 29.2 Å². The molecule has 0 aliphatic heterocycles. The minimum absolute atomic E-state index is 0.0935. The van der Waals surface area contributed by atoms with E-state index < -0.39 is 65.3 Å². The van der Waals surface area contributed by atoms with Gasteiger partial charge in [0.2, 0.25) is 27.7 Å². The Hall–Kier alpha value is -3.52. The first kappa shape index (κ1) is 27.5. The van der Waals surface area contributed by atoms with Gasteiger partial charge in [-0.15, -0.1) is 0 Å². The number of sulfonamides is 1. The molecule has 0 aromatic heterocycles. The molecule has 1 aromatic carbocycles. The molecule has 0 saturated carbocycles. The van der Waals surface area contributed by atoms with E-state index in [4.69, 9.17) is 10.2 Å². The first-order valence-corrected chi connectivity index (χ1v) is 11.4. The minimum Gasteiger partial charge on any atom is -0.480 e. The summed E-state index contributed by atoms with van der Waals surface area (Å²) in [5.74, 6) is -4.21. The molecule has 14 heteroatoms. The number of primary sulfonamides is 1. The van der Waals surface area contributed by atoms with Crippen LogP contribution >= 0.6 is 0 Å². The van der Waals surface area contributed by atoms with Gasteiger partial charge in [-0.1, -0.05) is 20.3 Å². The van der Waals surface area contributed by atoms with E-state index in [1.807, 2.05) is 0 Å². The molecule has 2 atom stereocenters. The highest BCUT2D eigenvalue weighted by atomic mass is 32.2. The topological polar surface area (TPSA) is 214 Å². The average molecular weight is 486 g/mol. The van der Waals surface area contributed by atoms with Crippen LogP contribution in [0.15, 0.2) is 29.2 Å². The average Bonchev–Trinajstić information content (AvgIpc) is 2.76. The Balaban J connectivity index is 2.38. The van der Waals surface area contributed by atoms with Crippen molar-refractivity contribution in [1.82, 2.24) is 21.3 Å². The summed E-state index contributed by atoms with van der Waals surface area (Å²) >= 11 is 0. The van der Waals surface area contributed by atoms with Crippen molar-refractivity contribution in [2.45, 2.75) is 31.2 Å². The van der Waals surface area contributed by atoms with Crippen LogP contribution in [0.2, 0.25) is 0 Å². The zero-order valence-corrected chi connectivity index (χ0v) is 18.9. The maximum absolute atomic E-state index is 12.0. The van der Waals surface area contributed by atoms with Crippen LogP contribution in [-0.4, -0.2) is 68.8 Å². The van der Waals surface area contributed by atoms with Crippen molar-refractivity contribution in [2.75, 3.05) is 19.6 Å². The van der Waals surface area contributed by atoms with E-state index in [-0.39, 0.29) is 16.4 Å². The second kappa shape index (κ2) is 12.5. The van der Waals surface area contributed by atoms with Gasteiger partial charge in [-0.2, -0.15) is 0 Å². The third kappa shape index (κ3) is 9.65. The maximum Gasteiger partial charge on any atom is 0.326 e. The first-order valence-electron chi connectivity index (χ1n) is 9.81. The summed E-state index contributed by atoms with van der Waals surface area (Å²) < 4.78 is 22.4. The van der Waals surface area contributed by atoms with E-state index in [9.17, 15) is 32.4 Å². The molecule has 0 saturated heterocycles. The summed E-state index contributed by atoms with van der Waals surface area (Å²) in [6.45, 7) is 2.05. The van der Waals surface area contributed by atoms with E-state index in [0.717, 1.165) is 12.1 Å². The summed E-state index contributed by atoms with van der Waals surface area (Å²) in [5.41, 5.74) is 0.0935. The fourth-order valence-corrected chi connectivity index (χ4v) is 2.96. The lowest BCUT2D eigenvalue weighted by Crippen LogP contribution is -2.49. The molecule has 33 heavy (non-hydrogen) atoms. The predicted molar refractivity (Wildman–Crippen MR) is 115 cm³/mol. The zero-order valence-electron chi connectivity index (χ0n) is 18.1. The molecule has 0 bridgehead atoms. The van der Waals surface area contributed by atoms with Crippen LogP contribution in [0.3, 0.4) is 0 Å². The number of aliphatic carboxylic acids is 1. The van der Waals surface area contributed by atoms with E-state index >= 15 is 0 Å². The predicted octanol–water partition coefficient (Wildman–Crippen LogP) is -2.09. The van der Waals surface area contributed by atoms with Gasteiger partial charge in [0.15, 0.2) is 0 Å². The van der Waals surface area contributed by atoms with Gasteiger partial charge in [-0.05, 0) is 30.2 Å². The van der Waals surface area contributed by atoms with Gasteiger partial charge in [0, 0.05) is 5.56 Å². The van der Waals surface area contributed by atoms with Crippen molar-refractivity contribution in [1.29, 1.82) is 0 Å². The first-order chi connectivity index (χ1) is 15.3. The Bertz CT molecular complexity index is 994. The summed E-state index contributed by atoms with van der Waals surface area (Å²) in [6, 6.07) is 3.65. The number of hydrogen-bond acceptors (Lipinski definition) is 7. The van der Waals surface area contributed by atoms with E-state index in [1.54, 1.807) is 13.8 Å². The molecule has 0 aliphatic carbocycles. The number of amides is 4. The maximum atomic E-state index is 12.0. The molecule has 0 unspecified atom stereocenters. The molecular weight excluding hydrogens is 458 g/mol. The molecular formula is C19H27N5O8S. The van der Waals surface area contributed by atoms with E-state index in [0.29, 0.717) is 6.42 Å². The van der Waals surface area contributed by atoms with Crippen LogP contribution in [0.4, 0.5) is 0 Å². The van der Waals surface area contributed by atoms with Crippen LogP contribution in [0.5, 0.6) is 0 Å². The van der Waals surface area contributed by atoms with E-state index in [1.165, 1.54) is 12.1 Å². The molecule has 0 spiro atoms. The highest BCUT2D eigenvalue weighted by Gasteiger charge is 2.25. The smallest absolute Gasteiger partial charge is 0.326 e. The number of nitrogens with one attached hydrogen (secondary N) is 4. The van der Waals surface area contributed by atoms with Gasteiger partial charge in [-0.25, -0.2) is 18.4 Å². The number of carbonyl (C=O) groups is 5. The normalized spacial score (nSPS) is 12.7. The Morgan fingerprint density at radius 1 is 0.909 bits per heavy atom. The van der Waals surface area contributed by atoms with Gasteiger partial charge in [0.25, 0.3) is 5.91 Å². The third-order valence-corrected chi connectivity index (χ3v) is 5.47. The highest BCUT2D eigenvalue weighted by molar-refractivity contribution is 7.89. The van der Waals surface area contributed by atoms with Crippen LogP contribution in [0.1, 0.15) is 30.6 Å². The van der Waals surface area contributed by atoms with Crippen molar-refractivity contribution in [2.24, 2.45) is 11.1 Å². The van der Waals surface area contributed by atoms with E-state index in [2.05, 4.69) is 21.3 Å². The number of carbonyl (C=O) groups excluding carboxylic acids is 4. The highest BCUT2D eigenvalue weighted by Crippen LogP contribution is 2.09. The van der Waals surface area contributed by atoms with Crippen molar-refractivity contribution >= 4 is 39.6 Å². The summed E-state index contributed by atoms with van der Waals surface area (Å²) in [6.07, 6.45) is 0.535. The summed E-state index contributed by atoms with van der Waals surface area (Å²) in [5, 5.41) is 23.2. The van der Waals surface area contributed by atoms with Crippen LogP contribution < -0.4 is 26.4 Å². The minimum atomic E-state index is -3.90. The largest absolute Gasteiger partial charge is 0.480 e. The van der Waals surface area contributed by atoms with Crippen molar-refractivity contribution in [3.05, 3.63) is 29.8 Å². The Labute approximate surface area is 190 Å². The molecule has 0 aliphatic rings. The fourth-order valence-electron chi connectivity index (χ4n) is 2.45. The quantitative estimate of drug-likeness (QED) is 0.193. The van der Waals surface area contributed by atoms with Gasteiger partial charge in [0.05, 0.1) is 24.5 Å². The van der Waals surface area contributed by atoms with Crippen LogP contribution in [0.25, 0.3) is 0 Å². The number of benzene rings is 1. The van der Waals surface area contributed by atoms with Gasteiger partial charge in [0.1, 0.15) is 6.04 Å². The summed E-state index contributed by atoms with van der Waals surface area (Å²) in [7, 11) is -3.90. The van der Waals surface area contributed by atoms with Gasteiger partial charge in [-0.3, -0.25) is 19.2 Å². The lowest BCUT2D eigenvalue weighted by Gasteiger charge is -2.20. The molecule has 0 fully saturated rings. The third-order valence-electron chi connectivity index (χ3n) is 4.54. The molecule has 1 rings (SSSR count). The Morgan fingerprint density at radius 3 is 1.85 bits per heavy atom. The van der Waals surface area contributed by atoms with Crippen molar-refractivity contribution in [3.8, 4) is 0 Å². The SMILES string of the molecule is CC[C@H](C)[C@H](NC(=O)CNC(=O)CNC(=O)CNC(=O)c1ccc(S(N)(=O)=O)cc1)C(=O)O. The number of hydrogen-bond donors (Lipinski definition) is 6. The van der Waals surface area contributed by atoms with Crippen molar-refractivity contribution in [3.63, 3.8) is 0 Å². The van der Waals surface area contributed by atoms with Gasteiger partial charge < -0.3 is 26.4 Å². The second-order valence-electron chi connectivity index (χ2n) is 7.07. The number of carboxylic acids is 1. The molecule has 1 aromatic rings. The molecule has 0 radical (unpaired) electrons. The van der Waals surface area contributed by atoms with Crippen molar-refractivity contribution < 1.29 is 37.5 Å².